The van der Waals surface area contributed by atoms with Crippen LogP contribution >= 0.6 is 11.8 Å². The highest BCUT2D eigenvalue weighted by molar-refractivity contribution is 7.98. The summed E-state index contributed by atoms with van der Waals surface area (Å²) in [5, 5.41) is 8.56. The first-order valence-electron chi connectivity index (χ1n) is 9.26. The SMILES string of the molecule is O=c1cc(CCOCc2ccccc2)n2c(SCc3cc(F)ccc3F)nnc2[nH]1. The van der Waals surface area contributed by atoms with Crippen LogP contribution in [0, 0.1) is 11.6 Å². The molecule has 0 amide bonds. The van der Waals surface area contributed by atoms with E-state index in [1.807, 2.05) is 30.3 Å². The van der Waals surface area contributed by atoms with Crippen LogP contribution in [-0.2, 0) is 23.5 Å². The zero-order valence-corrected chi connectivity index (χ0v) is 16.7. The number of nitrogens with zero attached hydrogens (tertiary/aromatic N) is 3. The van der Waals surface area contributed by atoms with E-state index in [4.69, 9.17) is 4.74 Å². The van der Waals surface area contributed by atoms with Crippen LogP contribution in [0.4, 0.5) is 8.78 Å². The number of thioether (sulfide) groups is 1. The molecule has 0 spiro atoms. The summed E-state index contributed by atoms with van der Waals surface area (Å²) in [6.07, 6.45) is 0.465. The number of rotatable bonds is 8. The zero-order valence-electron chi connectivity index (χ0n) is 15.8. The van der Waals surface area contributed by atoms with Gasteiger partial charge in [0.05, 0.1) is 13.2 Å². The first kappa shape index (κ1) is 20.2. The van der Waals surface area contributed by atoms with Crippen LogP contribution in [0.3, 0.4) is 0 Å². The molecule has 0 saturated carbocycles. The number of aromatic amines is 1. The topological polar surface area (TPSA) is 72.3 Å². The second-order valence-electron chi connectivity index (χ2n) is 6.58. The molecule has 0 radical (unpaired) electrons. The van der Waals surface area contributed by atoms with Crippen LogP contribution < -0.4 is 5.56 Å². The molecule has 0 aliphatic heterocycles. The van der Waals surface area contributed by atoms with Crippen molar-refractivity contribution in [1.29, 1.82) is 0 Å². The number of halogens is 2. The summed E-state index contributed by atoms with van der Waals surface area (Å²) >= 11 is 1.21. The quantitative estimate of drug-likeness (QED) is 0.342. The molecule has 2 aromatic carbocycles. The average molecular weight is 428 g/mol. The van der Waals surface area contributed by atoms with E-state index in [1.165, 1.54) is 17.8 Å². The maximum Gasteiger partial charge on any atom is 0.252 e. The molecule has 2 aromatic heterocycles. The minimum atomic E-state index is -0.501. The average Bonchev–Trinajstić information content (AvgIpc) is 3.15. The fourth-order valence-electron chi connectivity index (χ4n) is 2.99. The molecule has 0 aliphatic rings. The molecule has 2 heterocycles. The largest absolute Gasteiger partial charge is 0.376 e. The normalized spacial score (nSPS) is 11.3. The number of H-pyrrole nitrogens is 1. The van der Waals surface area contributed by atoms with Gasteiger partial charge in [-0.15, -0.1) is 10.2 Å². The zero-order chi connectivity index (χ0) is 20.9. The number of nitrogens with one attached hydrogen (secondary N) is 1. The molecular weight excluding hydrogens is 410 g/mol. The van der Waals surface area contributed by atoms with Gasteiger partial charge in [0.15, 0.2) is 5.16 Å². The van der Waals surface area contributed by atoms with Gasteiger partial charge in [0, 0.05) is 29.5 Å². The Hall–Kier alpha value is -3.04. The second kappa shape index (κ2) is 9.19. The van der Waals surface area contributed by atoms with Crippen molar-refractivity contribution in [3.8, 4) is 0 Å². The fourth-order valence-corrected chi connectivity index (χ4v) is 3.92. The van der Waals surface area contributed by atoms with Gasteiger partial charge in [-0.2, -0.15) is 0 Å². The van der Waals surface area contributed by atoms with E-state index in [2.05, 4.69) is 15.2 Å². The Kier molecular flexibility index (Phi) is 6.20. The monoisotopic (exact) mass is 428 g/mol. The Labute approximate surface area is 174 Å². The van der Waals surface area contributed by atoms with E-state index in [9.17, 15) is 13.6 Å². The molecule has 4 aromatic rings. The van der Waals surface area contributed by atoms with E-state index < -0.39 is 11.6 Å². The first-order chi connectivity index (χ1) is 14.6. The van der Waals surface area contributed by atoms with Crippen LogP contribution in [0.1, 0.15) is 16.8 Å². The molecule has 0 atom stereocenters. The lowest BCUT2D eigenvalue weighted by Crippen LogP contribution is -2.13. The summed E-state index contributed by atoms with van der Waals surface area (Å²) in [5.41, 5.74) is 1.68. The molecule has 9 heteroatoms. The Morgan fingerprint density at radius 2 is 1.90 bits per heavy atom. The summed E-state index contributed by atoms with van der Waals surface area (Å²) in [6, 6.07) is 14.6. The number of benzene rings is 2. The number of fused-ring (bicyclic) bond motifs is 1. The predicted octanol–water partition coefficient (Wildman–Crippen LogP) is 3.75. The molecule has 30 heavy (non-hydrogen) atoms. The molecular formula is C21H18F2N4O2S. The van der Waals surface area contributed by atoms with E-state index in [0.29, 0.717) is 36.3 Å². The number of aromatic nitrogens is 4. The van der Waals surface area contributed by atoms with E-state index in [1.54, 1.807) is 4.40 Å². The lowest BCUT2D eigenvalue weighted by Gasteiger charge is -2.08. The van der Waals surface area contributed by atoms with Gasteiger partial charge in [-0.1, -0.05) is 42.1 Å². The number of hydrogen-bond acceptors (Lipinski definition) is 5. The van der Waals surface area contributed by atoms with Gasteiger partial charge < -0.3 is 4.74 Å². The van der Waals surface area contributed by atoms with Gasteiger partial charge in [-0.05, 0) is 23.8 Å². The smallest absolute Gasteiger partial charge is 0.252 e. The Bertz CT molecular complexity index is 1210. The van der Waals surface area contributed by atoms with E-state index in [0.717, 1.165) is 23.8 Å². The van der Waals surface area contributed by atoms with Gasteiger partial charge in [0.2, 0.25) is 5.78 Å². The summed E-state index contributed by atoms with van der Waals surface area (Å²) < 4.78 is 34.7. The van der Waals surface area contributed by atoms with E-state index >= 15 is 0 Å². The van der Waals surface area contributed by atoms with Gasteiger partial charge in [0.25, 0.3) is 5.56 Å². The minimum absolute atomic E-state index is 0.174. The second-order valence-corrected chi connectivity index (χ2v) is 7.52. The van der Waals surface area contributed by atoms with Crippen LogP contribution in [-0.4, -0.2) is 26.2 Å². The third kappa shape index (κ3) is 4.74. The van der Waals surface area contributed by atoms with Crippen LogP contribution in [0.2, 0.25) is 0 Å². The number of hydrogen-bond donors (Lipinski definition) is 1. The first-order valence-corrected chi connectivity index (χ1v) is 10.2. The summed E-state index contributed by atoms with van der Waals surface area (Å²) in [4.78, 5) is 14.6. The molecule has 0 bridgehead atoms. The third-order valence-corrected chi connectivity index (χ3v) is 5.41. The Morgan fingerprint density at radius 1 is 1.07 bits per heavy atom. The van der Waals surface area contributed by atoms with Crippen LogP contribution in [0.5, 0.6) is 0 Å². The van der Waals surface area contributed by atoms with Crippen LogP contribution in [0.15, 0.2) is 64.5 Å². The molecule has 1 N–H and O–H groups in total. The standard InChI is InChI=1S/C21H18F2N4O2S/c22-16-6-7-18(23)15(10-16)13-30-21-26-25-20-24-19(28)11-17(27(20)21)8-9-29-12-14-4-2-1-3-5-14/h1-7,10-11H,8-9,12-13H2,(H,24,25,28). The van der Waals surface area contributed by atoms with Crippen molar-refractivity contribution in [2.75, 3.05) is 6.61 Å². The minimum Gasteiger partial charge on any atom is -0.376 e. The van der Waals surface area contributed by atoms with E-state index in [-0.39, 0.29) is 16.9 Å². The van der Waals surface area contributed by atoms with Gasteiger partial charge in [0.1, 0.15) is 11.6 Å². The van der Waals surface area contributed by atoms with Crippen molar-refractivity contribution >= 4 is 17.5 Å². The highest BCUT2D eigenvalue weighted by atomic mass is 32.2. The molecule has 0 unspecified atom stereocenters. The molecule has 0 fully saturated rings. The maximum absolute atomic E-state index is 13.9. The van der Waals surface area contributed by atoms with Crippen molar-refractivity contribution in [3.05, 3.63) is 93.4 Å². The third-order valence-electron chi connectivity index (χ3n) is 4.43. The number of ether oxygens (including phenoxy) is 1. The summed E-state index contributed by atoms with van der Waals surface area (Å²) in [5.74, 6) is -0.518. The highest BCUT2D eigenvalue weighted by Gasteiger charge is 2.13. The lowest BCUT2D eigenvalue weighted by molar-refractivity contribution is 0.123. The molecule has 0 saturated heterocycles. The fraction of sp³-hybridized carbons (Fsp3) is 0.190. The molecule has 6 nitrogen and oxygen atoms in total. The van der Waals surface area contributed by atoms with Crippen molar-refractivity contribution in [1.82, 2.24) is 19.6 Å². The predicted molar refractivity (Wildman–Crippen MR) is 109 cm³/mol. The molecule has 154 valence electrons. The molecule has 4 rings (SSSR count). The van der Waals surface area contributed by atoms with Crippen molar-refractivity contribution in [2.45, 2.75) is 23.9 Å². The summed E-state index contributed by atoms with van der Waals surface area (Å²) in [7, 11) is 0. The van der Waals surface area contributed by atoms with Gasteiger partial charge >= 0.3 is 0 Å². The van der Waals surface area contributed by atoms with Crippen molar-refractivity contribution < 1.29 is 13.5 Å². The lowest BCUT2D eigenvalue weighted by atomic mass is 10.2. The molecule has 0 aliphatic carbocycles. The highest BCUT2D eigenvalue weighted by Crippen LogP contribution is 2.24. The summed E-state index contributed by atoms with van der Waals surface area (Å²) in [6.45, 7) is 0.865. The van der Waals surface area contributed by atoms with Crippen molar-refractivity contribution in [3.63, 3.8) is 0 Å². The maximum atomic E-state index is 13.9. The Balaban J connectivity index is 1.49. The van der Waals surface area contributed by atoms with Gasteiger partial charge in [-0.25, -0.2) is 8.78 Å². The Morgan fingerprint density at radius 3 is 2.73 bits per heavy atom. The van der Waals surface area contributed by atoms with Gasteiger partial charge in [-0.3, -0.25) is 14.2 Å². The van der Waals surface area contributed by atoms with Crippen molar-refractivity contribution in [2.24, 2.45) is 0 Å². The van der Waals surface area contributed by atoms with Crippen LogP contribution in [0.25, 0.3) is 5.78 Å².